The van der Waals surface area contributed by atoms with Crippen LogP contribution in [-0.4, -0.2) is 23.9 Å². The van der Waals surface area contributed by atoms with Gasteiger partial charge in [0.1, 0.15) is 0 Å². The van der Waals surface area contributed by atoms with Crippen molar-refractivity contribution in [2.45, 2.75) is 39.5 Å². The minimum absolute atomic E-state index is 0.0478. The summed E-state index contributed by atoms with van der Waals surface area (Å²) < 4.78 is 0. The number of fused-ring (bicyclic) bond motifs is 5. The van der Waals surface area contributed by atoms with Crippen LogP contribution in [0.3, 0.4) is 0 Å². The number of Topliss-reactive ketones (excluding diaryl/α,β-unsaturated/α-hetero) is 1. The number of H-pyrrole nitrogens is 1. The van der Waals surface area contributed by atoms with Crippen LogP contribution in [-0.2, 0) is 6.42 Å². The third-order valence-electron chi connectivity index (χ3n) is 5.88. The molecule has 2 aromatic carbocycles. The quantitative estimate of drug-likeness (QED) is 0.675. The average Bonchev–Trinajstić information content (AvgIpc) is 3.20. The van der Waals surface area contributed by atoms with Crippen molar-refractivity contribution >= 4 is 33.3 Å². The standard InChI is InChI=1S/C22H24N2O/c1-22(2)12-14-11-17(24-9-5-6-10-24)21-20(19(14)18(25)13-22)15-7-3-4-8-16(15)23-21/h3-4,7-8,11,23H,5-6,9-10,12-13H2,1-2H3. The lowest BCUT2D eigenvalue weighted by Gasteiger charge is -2.32. The van der Waals surface area contributed by atoms with Gasteiger partial charge < -0.3 is 9.88 Å². The Balaban J connectivity index is 1.89. The van der Waals surface area contributed by atoms with Gasteiger partial charge in [-0.15, -0.1) is 0 Å². The summed E-state index contributed by atoms with van der Waals surface area (Å²) in [6.07, 6.45) is 4.12. The van der Waals surface area contributed by atoms with Crippen molar-refractivity contribution in [3.63, 3.8) is 0 Å². The summed E-state index contributed by atoms with van der Waals surface area (Å²) in [5.41, 5.74) is 5.81. The maximum atomic E-state index is 13.1. The van der Waals surface area contributed by atoms with Crippen molar-refractivity contribution in [3.05, 3.63) is 41.5 Å². The fourth-order valence-corrected chi connectivity index (χ4v) is 4.83. The highest BCUT2D eigenvalue weighted by Gasteiger charge is 2.34. The van der Waals surface area contributed by atoms with E-state index in [0.717, 1.165) is 41.5 Å². The minimum atomic E-state index is 0.0478. The highest BCUT2D eigenvalue weighted by molar-refractivity contribution is 6.22. The molecule has 0 amide bonds. The van der Waals surface area contributed by atoms with Gasteiger partial charge in [0.25, 0.3) is 0 Å². The molecule has 5 rings (SSSR count). The Morgan fingerprint density at radius 1 is 1.08 bits per heavy atom. The predicted octanol–water partition coefficient (Wildman–Crippen LogP) is 5.08. The van der Waals surface area contributed by atoms with Crippen LogP contribution in [0.15, 0.2) is 30.3 Å². The second kappa shape index (κ2) is 5.10. The molecule has 1 fully saturated rings. The number of carbonyl (C=O) groups is 1. The van der Waals surface area contributed by atoms with E-state index in [4.69, 9.17) is 0 Å². The summed E-state index contributed by atoms with van der Waals surface area (Å²) in [7, 11) is 0. The fraction of sp³-hybridized carbons (Fsp3) is 0.409. The zero-order chi connectivity index (χ0) is 17.2. The monoisotopic (exact) mass is 332 g/mol. The number of benzene rings is 2. The first kappa shape index (κ1) is 15.0. The average molecular weight is 332 g/mol. The molecule has 3 aromatic rings. The van der Waals surface area contributed by atoms with Gasteiger partial charge in [-0.1, -0.05) is 32.0 Å². The van der Waals surface area contributed by atoms with Crippen LogP contribution in [0.2, 0.25) is 0 Å². The maximum Gasteiger partial charge on any atom is 0.164 e. The first-order valence-electron chi connectivity index (χ1n) is 9.38. The molecule has 2 heterocycles. The molecule has 3 nitrogen and oxygen atoms in total. The van der Waals surface area contributed by atoms with Crippen LogP contribution in [0.4, 0.5) is 5.69 Å². The summed E-state index contributed by atoms with van der Waals surface area (Å²) in [6, 6.07) is 10.7. The van der Waals surface area contributed by atoms with E-state index >= 15 is 0 Å². The molecule has 0 saturated carbocycles. The molecule has 1 aromatic heterocycles. The number of para-hydroxylation sites is 1. The molecule has 1 aliphatic heterocycles. The molecule has 1 saturated heterocycles. The van der Waals surface area contributed by atoms with E-state index in [1.165, 1.54) is 29.5 Å². The van der Waals surface area contributed by atoms with Gasteiger partial charge >= 0.3 is 0 Å². The van der Waals surface area contributed by atoms with Crippen LogP contribution >= 0.6 is 0 Å². The Morgan fingerprint density at radius 2 is 1.84 bits per heavy atom. The molecule has 0 atom stereocenters. The normalized spacial score (nSPS) is 19.8. The van der Waals surface area contributed by atoms with Crippen molar-refractivity contribution < 1.29 is 4.79 Å². The van der Waals surface area contributed by atoms with Gasteiger partial charge in [-0.3, -0.25) is 4.79 Å². The smallest absolute Gasteiger partial charge is 0.164 e. The molecule has 128 valence electrons. The molecule has 1 N–H and O–H groups in total. The van der Waals surface area contributed by atoms with Crippen molar-refractivity contribution in [2.24, 2.45) is 5.41 Å². The number of aromatic nitrogens is 1. The molecule has 2 aliphatic rings. The van der Waals surface area contributed by atoms with E-state index < -0.39 is 0 Å². The van der Waals surface area contributed by atoms with Crippen LogP contribution in [0.25, 0.3) is 21.8 Å². The highest BCUT2D eigenvalue weighted by atomic mass is 16.1. The number of aromatic amines is 1. The molecule has 0 spiro atoms. The van der Waals surface area contributed by atoms with E-state index in [1.54, 1.807) is 0 Å². The largest absolute Gasteiger partial charge is 0.370 e. The molecule has 3 heteroatoms. The van der Waals surface area contributed by atoms with Gasteiger partial charge in [-0.2, -0.15) is 0 Å². The SMILES string of the molecule is CC1(C)CC(=O)c2c(cc(N3CCCC3)c3[nH]c4ccccc4c23)C1. The summed E-state index contributed by atoms with van der Waals surface area (Å²) in [5.74, 6) is 0.300. The van der Waals surface area contributed by atoms with Crippen LogP contribution in [0, 0.1) is 5.41 Å². The number of anilines is 1. The molecule has 0 unspecified atom stereocenters. The Labute approximate surface area is 148 Å². The van der Waals surface area contributed by atoms with Crippen molar-refractivity contribution in [1.29, 1.82) is 0 Å². The third-order valence-corrected chi connectivity index (χ3v) is 5.88. The summed E-state index contributed by atoms with van der Waals surface area (Å²) in [5, 5.41) is 2.33. The highest BCUT2D eigenvalue weighted by Crippen LogP contribution is 2.44. The van der Waals surface area contributed by atoms with E-state index in [9.17, 15) is 4.79 Å². The maximum absolute atomic E-state index is 13.1. The van der Waals surface area contributed by atoms with E-state index in [-0.39, 0.29) is 5.41 Å². The first-order chi connectivity index (χ1) is 12.0. The summed E-state index contributed by atoms with van der Waals surface area (Å²) in [6.45, 7) is 6.65. The number of carbonyl (C=O) groups excluding carboxylic acids is 1. The Hall–Kier alpha value is -2.29. The van der Waals surface area contributed by atoms with Crippen molar-refractivity contribution in [1.82, 2.24) is 4.98 Å². The van der Waals surface area contributed by atoms with Gasteiger partial charge in [0.05, 0.1) is 11.2 Å². The van der Waals surface area contributed by atoms with E-state index in [1.807, 2.05) is 0 Å². The van der Waals surface area contributed by atoms with Gasteiger partial charge in [-0.25, -0.2) is 0 Å². The summed E-state index contributed by atoms with van der Waals surface area (Å²) in [4.78, 5) is 19.2. The second-order valence-electron chi connectivity index (χ2n) is 8.49. The van der Waals surface area contributed by atoms with Crippen LogP contribution < -0.4 is 4.90 Å². The second-order valence-corrected chi connectivity index (χ2v) is 8.49. The van der Waals surface area contributed by atoms with Gasteiger partial charge in [0.2, 0.25) is 0 Å². The van der Waals surface area contributed by atoms with Crippen LogP contribution in [0.5, 0.6) is 0 Å². The summed E-state index contributed by atoms with van der Waals surface area (Å²) >= 11 is 0. The molecule has 1 aliphatic carbocycles. The molecule has 0 bridgehead atoms. The number of rotatable bonds is 1. The lowest BCUT2D eigenvalue weighted by atomic mass is 9.72. The number of nitrogens with one attached hydrogen (secondary N) is 1. The number of hydrogen-bond donors (Lipinski definition) is 1. The fourth-order valence-electron chi connectivity index (χ4n) is 4.83. The topological polar surface area (TPSA) is 36.1 Å². The van der Waals surface area contributed by atoms with Gasteiger partial charge in [-0.05, 0) is 42.4 Å². The van der Waals surface area contributed by atoms with Crippen molar-refractivity contribution in [2.75, 3.05) is 18.0 Å². The van der Waals surface area contributed by atoms with Crippen LogP contribution in [0.1, 0.15) is 49.0 Å². The number of nitrogens with zero attached hydrogens (tertiary/aromatic N) is 1. The number of hydrogen-bond acceptors (Lipinski definition) is 2. The van der Waals surface area contributed by atoms with Gasteiger partial charge in [0.15, 0.2) is 5.78 Å². The lowest BCUT2D eigenvalue weighted by Crippen LogP contribution is -2.28. The molecular weight excluding hydrogens is 308 g/mol. The Bertz CT molecular complexity index is 1010. The first-order valence-corrected chi connectivity index (χ1v) is 9.38. The zero-order valence-corrected chi connectivity index (χ0v) is 15.0. The lowest BCUT2D eigenvalue weighted by molar-refractivity contribution is 0.0914. The molecular formula is C22H24N2O. The van der Waals surface area contributed by atoms with Crippen molar-refractivity contribution in [3.8, 4) is 0 Å². The van der Waals surface area contributed by atoms with E-state index in [0.29, 0.717) is 12.2 Å². The van der Waals surface area contributed by atoms with E-state index in [2.05, 4.69) is 54.1 Å². The zero-order valence-electron chi connectivity index (χ0n) is 15.0. The Morgan fingerprint density at radius 3 is 2.64 bits per heavy atom. The van der Waals surface area contributed by atoms with Gasteiger partial charge in [0, 0.05) is 41.4 Å². The predicted molar refractivity (Wildman–Crippen MR) is 104 cm³/mol. The Kier molecular flexibility index (Phi) is 3.06. The minimum Gasteiger partial charge on any atom is -0.370 e. The number of ketones is 1. The third kappa shape index (κ3) is 2.21. The molecule has 25 heavy (non-hydrogen) atoms. The molecule has 0 radical (unpaired) electrons.